The summed E-state index contributed by atoms with van der Waals surface area (Å²) in [5, 5.41) is 10.3. The van der Waals surface area contributed by atoms with Gasteiger partial charge in [-0.25, -0.2) is 13.2 Å². The van der Waals surface area contributed by atoms with E-state index in [1.807, 2.05) is 0 Å². The fourth-order valence-corrected chi connectivity index (χ4v) is 3.32. The summed E-state index contributed by atoms with van der Waals surface area (Å²) in [6.45, 7) is 0. The van der Waals surface area contributed by atoms with Crippen molar-refractivity contribution in [3.63, 3.8) is 0 Å². The molecule has 0 aliphatic carbocycles. The quantitative estimate of drug-likeness (QED) is 0.792. The Balaban J connectivity index is 2.84. The molecule has 0 radical (unpaired) electrons. The first-order chi connectivity index (χ1) is 8.80. The molecular formula is C11H10ClNO5S. The van der Waals surface area contributed by atoms with Crippen molar-refractivity contribution in [2.24, 2.45) is 0 Å². The van der Waals surface area contributed by atoms with Crippen molar-refractivity contribution in [3.05, 3.63) is 34.5 Å². The summed E-state index contributed by atoms with van der Waals surface area (Å²) >= 11 is 5.77. The molecule has 2 rings (SSSR count). The van der Waals surface area contributed by atoms with E-state index >= 15 is 0 Å². The minimum absolute atomic E-state index is 0.0222. The van der Waals surface area contributed by atoms with E-state index in [9.17, 15) is 18.3 Å². The Morgan fingerprint density at radius 1 is 1.42 bits per heavy atom. The number of esters is 1. The topological polar surface area (TPSA) is 83.9 Å². The van der Waals surface area contributed by atoms with E-state index in [0.717, 1.165) is 14.2 Å². The summed E-state index contributed by atoms with van der Waals surface area (Å²) < 4.78 is 29.6. The molecule has 0 unspecified atom stereocenters. The number of benzene rings is 1. The zero-order valence-corrected chi connectivity index (χ0v) is 11.6. The van der Waals surface area contributed by atoms with Crippen molar-refractivity contribution in [2.75, 3.05) is 14.2 Å². The van der Waals surface area contributed by atoms with Gasteiger partial charge in [-0.2, -0.15) is 0 Å². The summed E-state index contributed by atoms with van der Waals surface area (Å²) in [5.41, 5.74) is -0.469. The van der Waals surface area contributed by atoms with Crippen LogP contribution in [0.3, 0.4) is 0 Å². The Morgan fingerprint density at radius 2 is 2.05 bits per heavy atom. The second kappa shape index (κ2) is 4.43. The maximum absolute atomic E-state index is 12.2. The highest BCUT2D eigenvalue weighted by Crippen LogP contribution is 2.36. The molecule has 1 aromatic rings. The van der Waals surface area contributed by atoms with E-state index in [4.69, 9.17) is 11.6 Å². The predicted octanol–water partition coefficient (Wildman–Crippen LogP) is 1.37. The second-order valence-corrected chi connectivity index (χ2v) is 6.18. The van der Waals surface area contributed by atoms with Crippen molar-refractivity contribution >= 4 is 33.4 Å². The summed E-state index contributed by atoms with van der Waals surface area (Å²) in [4.78, 5) is 11.5. The molecule has 102 valence electrons. The number of carbonyl (C=O) groups excluding carboxylic acids is 1. The Bertz CT molecular complexity index is 695. The first kappa shape index (κ1) is 13.7. The van der Waals surface area contributed by atoms with Crippen LogP contribution in [0.2, 0.25) is 5.02 Å². The lowest BCUT2D eigenvalue weighted by Crippen LogP contribution is -2.35. The molecule has 1 aliphatic heterocycles. The summed E-state index contributed by atoms with van der Waals surface area (Å²) in [7, 11) is -1.66. The second-order valence-electron chi connectivity index (χ2n) is 3.80. The predicted molar refractivity (Wildman–Crippen MR) is 68.0 cm³/mol. The molecule has 1 N–H and O–H groups in total. The Kier molecular flexibility index (Phi) is 3.19. The maximum atomic E-state index is 12.2. The lowest BCUT2D eigenvalue weighted by Gasteiger charge is -2.27. The maximum Gasteiger partial charge on any atom is 0.359 e. The van der Waals surface area contributed by atoms with Gasteiger partial charge in [-0.15, -0.1) is 0 Å². The van der Waals surface area contributed by atoms with Crippen LogP contribution in [0, 0.1) is 0 Å². The number of carbonyl (C=O) groups is 1. The molecule has 0 saturated carbocycles. The first-order valence-electron chi connectivity index (χ1n) is 5.11. The monoisotopic (exact) mass is 303 g/mol. The number of halogens is 1. The number of rotatable bonds is 1. The fourth-order valence-electron chi connectivity index (χ4n) is 1.78. The Morgan fingerprint density at radius 3 is 2.63 bits per heavy atom. The van der Waals surface area contributed by atoms with Gasteiger partial charge in [0.15, 0.2) is 11.5 Å². The average Bonchev–Trinajstić information content (AvgIpc) is 2.36. The van der Waals surface area contributed by atoms with Crippen LogP contribution in [-0.4, -0.2) is 38.0 Å². The van der Waals surface area contributed by atoms with E-state index in [1.165, 1.54) is 18.2 Å². The molecule has 0 aromatic heterocycles. The number of hydrogen-bond donors (Lipinski definition) is 1. The number of sulfonamides is 1. The Hall–Kier alpha value is -1.73. The standard InChI is InChI=1S/C11H10ClNO5S/c1-13-9(11(15)18-2)10(14)7-5-6(12)3-4-8(7)19(13,16)17/h3-5,14H,1-2H3. The number of methoxy groups -OCH3 is 1. The highest BCUT2D eigenvalue weighted by Gasteiger charge is 2.38. The number of ether oxygens (including phenoxy) is 1. The minimum atomic E-state index is -3.92. The van der Waals surface area contributed by atoms with Gasteiger partial charge in [0.25, 0.3) is 10.0 Å². The SMILES string of the molecule is COC(=O)C1=C(O)c2cc(Cl)ccc2S(=O)(=O)N1C. The number of fused-ring (bicyclic) bond motifs is 1. The first-order valence-corrected chi connectivity index (χ1v) is 6.93. The van der Waals surface area contributed by atoms with E-state index in [0.29, 0.717) is 4.31 Å². The molecule has 1 heterocycles. The number of likely N-dealkylation sites (N-methyl/N-ethyl adjacent to an activating group) is 1. The van der Waals surface area contributed by atoms with Gasteiger partial charge >= 0.3 is 5.97 Å². The van der Waals surface area contributed by atoms with E-state index in [-0.39, 0.29) is 15.5 Å². The third kappa shape index (κ3) is 1.95. The van der Waals surface area contributed by atoms with Crippen LogP contribution in [0.5, 0.6) is 0 Å². The van der Waals surface area contributed by atoms with Gasteiger partial charge in [-0.3, -0.25) is 4.31 Å². The molecule has 0 amide bonds. The molecule has 0 fully saturated rings. The van der Waals surface area contributed by atoms with Crippen LogP contribution in [0.4, 0.5) is 0 Å². The summed E-state index contributed by atoms with van der Waals surface area (Å²) in [5.74, 6) is -1.43. The molecule has 8 heteroatoms. The van der Waals surface area contributed by atoms with Gasteiger partial charge in [0.2, 0.25) is 0 Å². The van der Waals surface area contributed by atoms with E-state index in [1.54, 1.807) is 0 Å². The van der Waals surface area contributed by atoms with Crippen molar-refractivity contribution in [3.8, 4) is 0 Å². The number of aliphatic hydroxyl groups is 1. The molecular weight excluding hydrogens is 294 g/mol. The normalized spacial score (nSPS) is 17.1. The van der Waals surface area contributed by atoms with Crippen LogP contribution in [0.25, 0.3) is 5.76 Å². The molecule has 0 saturated heterocycles. The molecule has 19 heavy (non-hydrogen) atoms. The smallest absolute Gasteiger partial charge is 0.359 e. The molecule has 1 aliphatic rings. The largest absolute Gasteiger partial charge is 0.505 e. The molecule has 0 spiro atoms. The van der Waals surface area contributed by atoms with Crippen molar-refractivity contribution < 1.29 is 23.1 Å². The van der Waals surface area contributed by atoms with Crippen LogP contribution in [0.1, 0.15) is 5.56 Å². The number of hydrogen-bond acceptors (Lipinski definition) is 5. The minimum Gasteiger partial charge on any atom is -0.505 e. The summed E-state index contributed by atoms with van der Waals surface area (Å²) in [6, 6.07) is 3.94. The average molecular weight is 304 g/mol. The zero-order valence-electron chi connectivity index (χ0n) is 10.0. The van der Waals surface area contributed by atoms with Gasteiger partial charge in [0, 0.05) is 17.6 Å². The van der Waals surface area contributed by atoms with Crippen LogP contribution < -0.4 is 0 Å². The lowest BCUT2D eigenvalue weighted by atomic mass is 10.1. The van der Waals surface area contributed by atoms with Gasteiger partial charge in [0.1, 0.15) is 0 Å². The lowest BCUT2D eigenvalue weighted by molar-refractivity contribution is -0.137. The van der Waals surface area contributed by atoms with Crippen molar-refractivity contribution in [2.45, 2.75) is 4.90 Å². The zero-order chi connectivity index (χ0) is 14.4. The third-order valence-electron chi connectivity index (χ3n) is 2.75. The Labute approximate surface area is 114 Å². The third-order valence-corrected chi connectivity index (χ3v) is 4.80. The fraction of sp³-hybridized carbons (Fsp3) is 0.182. The van der Waals surface area contributed by atoms with Crippen molar-refractivity contribution in [1.29, 1.82) is 0 Å². The highest BCUT2D eigenvalue weighted by molar-refractivity contribution is 7.89. The highest BCUT2D eigenvalue weighted by atomic mass is 35.5. The van der Waals surface area contributed by atoms with Crippen LogP contribution >= 0.6 is 11.6 Å². The molecule has 1 aromatic carbocycles. The van der Waals surface area contributed by atoms with E-state index < -0.39 is 27.4 Å². The molecule has 0 bridgehead atoms. The number of nitrogens with zero attached hydrogens (tertiary/aromatic N) is 1. The van der Waals surface area contributed by atoms with Gasteiger partial charge in [-0.05, 0) is 18.2 Å². The van der Waals surface area contributed by atoms with Crippen molar-refractivity contribution in [1.82, 2.24) is 4.31 Å². The van der Waals surface area contributed by atoms with Gasteiger partial charge in [0.05, 0.1) is 12.0 Å². The van der Waals surface area contributed by atoms with Crippen LogP contribution in [-0.2, 0) is 19.6 Å². The number of aliphatic hydroxyl groups excluding tert-OH is 1. The van der Waals surface area contributed by atoms with Gasteiger partial charge < -0.3 is 9.84 Å². The van der Waals surface area contributed by atoms with E-state index in [2.05, 4.69) is 4.74 Å². The van der Waals surface area contributed by atoms with Crippen LogP contribution in [0.15, 0.2) is 28.8 Å². The molecule has 6 nitrogen and oxygen atoms in total. The summed E-state index contributed by atoms with van der Waals surface area (Å²) in [6.07, 6.45) is 0. The molecule has 0 atom stereocenters. The van der Waals surface area contributed by atoms with Gasteiger partial charge in [-0.1, -0.05) is 11.6 Å².